The van der Waals surface area contributed by atoms with Crippen molar-refractivity contribution in [3.63, 3.8) is 0 Å². The number of morpholine rings is 6. The van der Waals surface area contributed by atoms with Gasteiger partial charge in [-0.2, -0.15) is 0 Å². The fourth-order valence-corrected chi connectivity index (χ4v) is 21.3. The molecule has 12 heterocycles. The van der Waals surface area contributed by atoms with Crippen LogP contribution in [0.2, 0.25) is 5.02 Å². The van der Waals surface area contributed by atoms with Gasteiger partial charge in [-0.3, -0.25) is 28.8 Å². The molecule has 0 atom stereocenters. The molecule has 642 valence electrons. The summed E-state index contributed by atoms with van der Waals surface area (Å²) in [7, 11) is 1.65. The number of rotatable bonds is 13. The number of benzene rings is 6. The van der Waals surface area contributed by atoms with E-state index in [2.05, 4.69) is 106 Å². The van der Waals surface area contributed by atoms with E-state index in [1.807, 2.05) is 127 Å². The first kappa shape index (κ1) is 91.8. The molecule has 0 spiro atoms. The maximum atomic E-state index is 12.1. The molecular formula is C95H97Br2ClN6O13S6. The van der Waals surface area contributed by atoms with E-state index in [0.29, 0.717) is 31.5 Å². The molecular weight excluding hydrogens is 1820 g/mol. The Balaban J connectivity index is 0.000000127. The van der Waals surface area contributed by atoms with Crippen molar-refractivity contribution >= 4 is 141 Å². The van der Waals surface area contributed by atoms with Crippen molar-refractivity contribution in [2.45, 2.75) is 26.2 Å². The molecule has 6 aromatic carbocycles. The third kappa shape index (κ3) is 27.6. The second-order valence-corrected chi connectivity index (χ2v) is 38.7. The minimum Gasteiger partial charge on any atom is -0.497 e. The highest BCUT2D eigenvalue weighted by molar-refractivity contribution is 9.10. The Bertz CT molecular complexity index is 5670. The third-order valence-corrected chi connectivity index (χ3v) is 28.5. The number of ether oxygens (including phenoxy) is 7. The summed E-state index contributed by atoms with van der Waals surface area (Å²) in [6.07, 6.45) is 0. The first-order chi connectivity index (χ1) is 59.7. The van der Waals surface area contributed by atoms with Crippen molar-refractivity contribution in [1.29, 1.82) is 0 Å². The van der Waals surface area contributed by atoms with Crippen LogP contribution in [0, 0.1) is 0 Å². The zero-order chi connectivity index (χ0) is 86.0. The van der Waals surface area contributed by atoms with Crippen LogP contribution in [0.15, 0.2) is 262 Å². The number of methoxy groups -OCH3 is 1. The topological polar surface area (TPSA) is 186 Å². The normalized spacial score (nSPS) is 15.4. The molecule has 28 heteroatoms. The van der Waals surface area contributed by atoms with Crippen LogP contribution in [0.25, 0.3) is 62.6 Å². The van der Waals surface area contributed by atoms with E-state index in [0.717, 1.165) is 239 Å². The van der Waals surface area contributed by atoms with E-state index in [1.54, 1.807) is 148 Å². The van der Waals surface area contributed by atoms with Gasteiger partial charge in [0, 0.05) is 195 Å². The van der Waals surface area contributed by atoms with Crippen LogP contribution in [0.4, 0.5) is 30.0 Å². The summed E-state index contributed by atoms with van der Waals surface area (Å²) in [5, 5.41) is 6.84. The Morgan fingerprint density at radius 2 is 0.528 bits per heavy atom. The van der Waals surface area contributed by atoms with Gasteiger partial charge < -0.3 is 62.6 Å². The molecule has 0 bridgehead atoms. The van der Waals surface area contributed by atoms with Crippen molar-refractivity contribution in [2.75, 3.05) is 194 Å². The van der Waals surface area contributed by atoms with Gasteiger partial charge >= 0.3 is 0 Å². The van der Waals surface area contributed by atoms with E-state index in [1.165, 1.54) is 5.56 Å². The minimum atomic E-state index is 0.0372. The van der Waals surface area contributed by atoms with Gasteiger partial charge in [-0.25, -0.2) is 0 Å². The van der Waals surface area contributed by atoms with E-state index in [-0.39, 0.29) is 38.0 Å². The fraction of sp³-hybridized carbons (Fsp3) is 0.305. The molecule has 6 fully saturated rings. The average molecular weight is 1920 g/mol. The van der Waals surface area contributed by atoms with Crippen LogP contribution < -0.4 is 66.7 Å². The SMILES string of the molecule is CC(C)(C)c1ccc(-c2cc(=O)cc(N3CCOCC3)s2)cc1.COc1ccc(-c2cc(=O)cc(N3CCOCC3)s2)cc1.O=c1cc(-c2ccc(Br)cc2)sc(N2CCOCC2)c1.O=c1cc(-c2ccc(Cl)cc2)sc(N2CCOCC2)c1.O=c1cc(-c2cccc(Br)c2)sc(N2CCOCC2)c1.O=c1cc(-c2ccccc2)sc(N2CCOCC2)c1. The summed E-state index contributed by atoms with van der Waals surface area (Å²) < 4.78 is 39.4. The van der Waals surface area contributed by atoms with Gasteiger partial charge in [0.2, 0.25) is 0 Å². The lowest BCUT2D eigenvalue weighted by atomic mass is 9.86. The zero-order valence-electron chi connectivity index (χ0n) is 68.9. The number of hydrogen-bond donors (Lipinski definition) is 0. The summed E-state index contributed by atoms with van der Waals surface area (Å²) in [6.45, 7) is 25.4. The third-order valence-electron chi connectivity index (χ3n) is 20.3. The summed E-state index contributed by atoms with van der Waals surface area (Å²) in [6, 6.07) is 70.6. The highest BCUT2D eigenvalue weighted by atomic mass is 79.9. The molecule has 12 aromatic rings. The van der Waals surface area contributed by atoms with Gasteiger partial charge in [0.25, 0.3) is 0 Å². The van der Waals surface area contributed by atoms with Crippen LogP contribution in [0.1, 0.15) is 26.3 Å². The van der Waals surface area contributed by atoms with Gasteiger partial charge in [0.15, 0.2) is 32.6 Å². The van der Waals surface area contributed by atoms with Crippen LogP contribution >= 0.6 is 111 Å². The second-order valence-electron chi connectivity index (χ2n) is 30.0. The molecule has 0 N–H and O–H groups in total. The summed E-state index contributed by atoms with van der Waals surface area (Å²) in [5.74, 6) is 0.815. The molecule has 6 aliphatic rings. The van der Waals surface area contributed by atoms with Gasteiger partial charge in [-0.1, -0.05) is 155 Å². The van der Waals surface area contributed by atoms with Gasteiger partial charge in [0.1, 0.15) is 5.75 Å². The lowest BCUT2D eigenvalue weighted by Crippen LogP contribution is -2.36. The molecule has 0 radical (unpaired) electrons. The molecule has 0 aliphatic carbocycles. The molecule has 0 unspecified atom stereocenters. The Morgan fingerprint density at radius 3 is 0.797 bits per heavy atom. The zero-order valence-corrected chi connectivity index (χ0v) is 77.7. The first-order valence-electron chi connectivity index (χ1n) is 40.6. The molecule has 6 aliphatic heterocycles. The largest absolute Gasteiger partial charge is 0.497 e. The second kappa shape index (κ2) is 45.9. The summed E-state index contributed by atoms with van der Waals surface area (Å²) in [4.78, 5) is 91.1. The molecule has 0 saturated carbocycles. The lowest BCUT2D eigenvalue weighted by Gasteiger charge is -2.28. The Kier molecular flexibility index (Phi) is 34.2. The lowest BCUT2D eigenvalue weighted by molar-refractivity contribution is 0.123. The molecule has 6 saturated heterocycles. The van der Waals surface area contributed by atoms with Crippen LogP contribution in [0.5, 0.6) is 5.75 Å². The Morgan fingerprint density at radius 1 is 0.285 bits per heavy atom. The standard InChI is InChI=1S/C19H23NO2S.C16H17NO3S.2C15H14BrNO2S.C15H14ClNO2S.C15H15NO2S/c1-19(2,3)15-6-4-14(5-7-15)17-12-16(21)13-18(23-17)20-8-10-22-11-9-20;1-19-14-4-2-12(3-5-14)15-10-13(18)11-16(21-15)17-6-8-20-9-7-17;16-12-3-1-11(2-4-12)14-9-13(18)10-15(20-14)17-5-7-19-8-6-17;16-12-3-1-2-11(8-12)14-9-13(18)10-15(20-14)17-4-6-19-7-5-17;16-12-3-1-11(2-4-12)14-9-13(18)10-15(20-14)17-5-7-19-8-6-17;17-13-10-14(12-4-2-1-3-5-12)19-15(11-13)16-6-8-18-9-7-16/h4-7,12-13H,8-11H2,1-3H3;2-5,10-11H,6-9H2,1H3;1-4,9-10H,5-8H2;1-3,8-10H,4-7H2;1-4,9-10H,5-8H2;1-5,10-11H,6-9H2. The molecule has 123 heavy (non-hydrogen) atoms. The van der Waals surface area contributed by atoms with E-state index in [9.17, 15) is 28.8 Å². The maximum Gasteiger partial charge on any atom is 0.182 e. The van der Waals surface area contributed by atoms with Crippen molar-refractivity contribution in [3.05, 3.63) is 305 Å². The number of nitrogens with zero attached hydrogens (tertiary/aromatic N) is 6. The maximum absolute atomic E-state index is 12.1. The number of halogens is 3. The highest BCUT2D eigenvalue weighted by Gasteiger charge is 2.22. The van der Waals surface area contributed by atoms with Gasteiger partial charge in [0.05, 0.1) is 116 Å². The number of hydrogen-bond acceptors (Lipinski definition) is 25. The van der Waals surface area contributed by atoms with Crippen LogP contribution in [0.3, 0.4) is 0 Å². The van der Waals surface area contributed by atoms with Gasteiger partial charge in [-0.15, -0.1) is 68.0 Å². The number of anilines is 6. The van der Waals surface area contributed by atoms with Crippen molar-refractivity contribution < 1.29 is 33.2 Å². The van der Waals surface area contributed by atoms with E-state index < -0.39 is 0 Å². The molecule has 6 aromatic heterocycles. The Hall–Kier alpha value is -8.85. The molecule has 0 amide bonds. The monoisotopic (exact) mass is 1910 g/mol. The Labute approximate surface area is 762 Å². The minimum absolute atomic E-state index is 0.0372. The highest BCUT2D eigenvalue weighted by Crippen LogP contribution is 2.38. The van der Waals surface area contributed by atoms with Crippen LogP contribution in [-0.2, 0) is 33.8 Å². The predicted octanol–water partition coefficient (Wildman–Crippen LogP) is 19.2. The summed E-state index contributed by atoms with van der Waals surface area (Å²) in [5.41, 5.74) is 8.18. The smallest absolute Gasteiger partial charge is 0.182 e. The van der Waals surface area contributed by atoms with Crippen LogP contribution in [-0.4, -0.2) is 165 Å². The molecule has 18 rings (SSSR count). The van der Waals surface area contributed by atoms with E-state index in [4.69, 9.17) is 44.8 Å². The fourth-order valence-electron chi connectivity index (χ4n) is 13.6. The van der Waals surface area contributed by atoms with Crippen molar-refractivity contribution in [1.82, 2.24) is 0 Å². The van der Waals surface area contributed by atoms with Gasteiger partial charge in [-0.05, 0) is 105 Å². The first-order valence-corrected chi connectivity index (χ1v) is 47.5. The summed E-state index contributed by atoms with van der Waals surface area (Å²) >= 11 is 22.7. The molecule has 19 nitrogen and oxygen atoms in total. The predicted molar refractivity (Wildman–Crippen MR) is 520 cm³/mol. The van der Waals surface area contributed by atoms with Crippen molar-refractivity contribution in [3.8, 4) is 68.4 Å². The van der Waals surface area contributed by atoms with Crippen molar-refractivity contribution in [2.24, 2.45) is 0 Å². The quantitative estimate of drug-likeness (QED) is 0.106. The average Bonchev–Trinajstić information content (AvgIpc) is 0.881. The van der Waals surface area contributed by atoms with E-state index >= 15 is 0 Å².